The molecule has 0 unspecified atom stereocenters. The van der Waals surface area contributed by atoms with Crippen molar-refractivity contribution >= 4 is 11.6 Å². The molecule has 0 radical (unpaired) electrons. The Morgan fingerprint density at radius 1 is 1.44 bits per heavy atom. The monoisotopic (exact) mass is 222 g/mol. The number of hydrogen-bond acceptors (Lipinski definition) is 2. The summed E-state index contributed by atoms with van der Waals surface area (Å²) in [6.45, 7) is 0.896. The van der Waals surface area contributed by atoms with E-state index in [1.807, 2.05) is 0 Å². The van der Waals surface area contributed by atoms with E-state index in [-0.39, 0.29) is 17.8 Å². The van der Waals surface area contributed by atoms with Crippen molar-refractivity contribution in [2.45, 2.75) is 18.9 Å². The number of hydrogen-bond donors (Lipinski definition) is 1. The Morgan fingerprint density at radius 2 is 2.12 bits per heavy atom. The molecule has 0 aliphatic carbocycles. The fourth-order valence-corrected chi connectivity index (χ4v) is 1.92. The molecule has 3 nitrogen and oxygen atoms in total. The maximum Gasteiger partial charge on any atom is 0.243 e. The van der Waals surface area contributed by atoms with Gasteiger partial charge in [-0.1, -0.05) is 0 Å². The van der Waals surface area contributed by atoms with E-state index >= 15 is 0 Å². The molecule has 1 aliphatic rings. The maximum atomic E-state index is 12.7. The minimum absolute atomic E-state index is 0.0455. The largest absolute Gasteiger partial charge is 0.314 e. The SMILES string of the molecule is CN(C(=O)[C@@H]1CCCN1)c1ccc(F)cc1. The van der Waals surface area contributed by atoms with E-state index in [0.29, 0.717) is 0 Å². The standard InChI is InChI=1S/C12H15FN2O/c1-15(10-6-4-9(13)5-7-10)12(16)11-3-2-8-14-11/h4-7,11,14H,2-3,8H2,1H3/t11-/m0/s1. The number of carbonyl (C=O) groups excluding carboxylic acids is 1. The molecule has 1 heterocycles. The number of carbonyl (C=O) groups is 1. The predicted molar refractivity (Wildman–Crippen MR) is 60.8 cm³/mol. The number of benzene rings is 1. The molecule has 16 heavy (non-hydrogen) atoms. The van der Waals surface area contributed by atoms with E-state index < -0.39 is 0 Å². The molecular formula is C12H15FN2O. The minimum atomic E-state index is -0.288. The lowest BCUT2D eigenvalue weighted by molar-refractivity contribution is -0.119. The van der Waals surface area contributed by atoms with Gasteiger partial charge in [0.25, 0.3) is 0 Å². The van der Waals surface area contributed by atoms with Crippen LogP contribution in [0.1, 0.15) is 12.8 Å². The molecule has 0 saturated carbocycles. The molecule has 0 spiro atoms. The van der Waals surface area contributed by atoms with Crippen LogP contribution in [0.2, 0.25) is 0 Å². The molecule has 1 aromatic carbocycles. The van der Waals surface area contributed by atoms with Gasteiger partial charge in [0.2, 0.25) is 5.91 Å². The zero-order valence-corrected chi connectivity index (χ0v) is 9.24. The zero-order chi connectivity index (χ0) is 11.5. The van der Waals surface area contributed by atoms with Crippen LogP contribution in [-0.2, 0) is 4.79 Å². The van der Waals surface area contributed by atoms with Crippen LogP contribution in [0, 0.1) is 5.82 Å². The van der Waals surface area contributed by atoms with Crippen molar-refractivity contribution in [2.75, 3.05) is 18.5 Å². The Labute approximate surface area is 94.3 Å². The summed E-state index contributed by atoms with van der Waals surface area (Å²) < 4.78 is 12.7. The lowest BCUT2D eigenvalue weighted by Gasteiger charge is -2.21. The number of nitrogens with one attached hydrogen (secondary N) is 1. The van der Waals surface area contributed by atoms with E-state index in [4.69, 9.17) is 0 Å². The van der Waals surface area contributed by atoms with Gasteiger partial charge >= 0.3 is 0 Å². The highest BCUT2D eigenvalue weighted by Crippen LogP contribution is 2.16. The molecule has 86 valence electrons. The number of amides is 1. The minimum Gasteiger partial charge on any atom is -0.314 e. The quantitative estimate of drug-likeness (QED) is 0.823. The van der Waals surface area contributed by atoms with Gasteiger partial charge in [-0.15, -0.1) is 0 Å². The normalized spacial score (nSPS) is 19.8. The highest BCUT2D eigenvalue weighted by Gasteiger charge is 2.25. The number of likely N-dealkylation sites (N-methyl/N-ethyl adjacent to an activating group) is 1. The van der Waals surface area contributed by atoms with E-state index in [1.54, 1.807) is 24.1 Å². The summed E-state index contributed by atoms with van der Waals surface area (Å²) in [5.41, 5.74) is 0.722. The van der Waals surface area contributed by atoms with E-state index in [9.17, 15) is 9.18 Å². The van der Waals surface area contributed by atoms with Crippen molar-refractivity contribution < 1.29 is 9.18 Å². The average molecular weight is 222 g/mol. The van der Waals surface area contributed by atoms with Crippen LogP contribution < -0.4 is 10.2 Å². The second-order valence-corrected chi connectivity index (χ2v) is 4.02. The fraction of sp³-hybridized carbons (Fsp3) is 0.417. The van der Waals surface area contributed by atoms with Crippen molar-refractivity contribution in [3.05, 3.63) is 30.1 Å². The van der Waals surface area contributed by atoms with Crippen molar-refractivity contribution in [3.8, 4) is 0 Å². The van der Waals surface area contributed by atoms with Crippen LogP contribution >= 0.6 is 0 Å². The molecule has 1 saturated heterocycles. The molecule has 1 fully saturated rings. The van der Waals surface area contributed by atoms with Crippen molar-refractivity contribution in [3.63, 3.8) is 0 Å². The number of nitrogens with zero attached hydrogens (tertiary/aromatic N) is 1. The maximum absolute atomic E-state index is 12.7. The first-order valence-corrected chi connectivity index (χ1v) is 5.45. The third-order valence-corrected chi connectivity index (χ3v) is 2.90. The van der Waals surface area contributed by atoms with E-state index in [2.05, 4.69) is 5.32 Å². The Balaban J connectivity index is 2.08. The summed E-state index contributed by atoms with van der Waals surface area (Å²) in [5, 5.41) is 3.15. The predicted octanol–water partition coefficient (Wildman–Crippen LogP) is 1.54. The van der Waals surface area contributed by atoms with Crippen LogP contribution in [0.15, 0.2) is 24.3 Å². The Hall–Kier alpha value is -1.42. The van der Waals surface area contributed by atoms with Crippen LogP contribution in [0.4, 0.5) is 10.1 Å². The first-order chi connectivity index (χ1) is 7.68. The van der Waals surface area contributed by atoms with Gasteiger partial charge in [-0.2, -0.15) is 0 Å². The van der Waals surface area contributed by atoms with Crippen LogP contribution in [-0.4, -0.2) is 25.5 Å². The van der Waals surface area contributed by atoms with Crippen molar-refractivity contribution in [1.29, 1.82) is 0 Å². The molecule has 4 heteroatoms. The Kier molecular flexibility index (Phi) is 3.19. The summed E-state index contributed by atoms with van der Waals surface area (Å²) in [5.74, 6) is -0.243. The molecule has 1 aliphatic heterocycles. The first-order valence-electron chi connectivity index (χ1n) is 5.45. The second-order valence-electron chi connectivity index (χ2n) is 4.02. The van der Waals surface area contributed by atoms with E-state index in [0.717, 1.165) is 25.1 Å². The van der Waals surface area contributed by atoms with Gasteiger partial charge in [0.15, 0.2) is 0 Å². The Bertz CT molecular complexity index is 371. The fourth-order valence-electron chi connectivity index (χ4n) is 1.92. The van der Waals surface area contributed by atoms with Crippen molar-refractivity contribution in [2.24, 2.45) is 0 Å². The second kappa shape index (κ2) is 4.61. The van der Waals surface area contributed by atoms with Gasteiger partial charge in [0.05, 0.1) is 6.04 Å². The van der Waals surface area contributed by atoms with Crippen molar-refractivity contribution in [1.82, 2.24) is 5.32 Å². The molecule has 2 rings (SSSR count). The van der Waals surface area contributed by atoms with Gasteiger partial charge in [-0.05, 0) is 43.7 Å². The zero-order valence-electron chi connectivity index (χ0n) is 9.24. The van der Waals surface area contributed by atoms with Crippen LogP contribution in [0.3, 0.4) is 0 Å². The summed E-state index contributed by atoms with van der Waals surface area (Å²) in [7, 11) is 1.72. The molecule has 1 atom stereocenters. The molecule has 1 amide bonds. The molecule has 1 aromatic rings. The average Bonchev–Trinajstić information content (AvgIpc) is 2.81. The summed E-state index contributed by atoms with van der Waals surface area (Å²) >= 11 is 0. The molecule has 0 aromatic heterocycles. The Morgan fingerprint density at radius 3 is 2.69 bits per heavy atom. The lowest BCUT2D eigenvalue weighted by atomic mass is 10.2. The highest BCUT2D eigenvalue weighted by molar-refractivity contribution is 5.96. The van der Waals surface area contributed by atoms with Gasteiger partial charge in [0, 0.05) is 12.7 Å². The van der Waals surface area contributed by atoms with Gasteiger partial charge in [-0.25, -0.2) is 4.39 Å². The summed E-state index contributed by atoms with van der Waals surface area (Å²) in [6, 6.07) is 5.86. The van der Waals surface area contributed by atoms with E-state index in [1.165, 1.54) is 12.1 Å². The summed E-state index contributed by atoms with van der Waals surface area (Å²) in [4.78, 5) is 13.6. The number of anilines is 1. The molecule has 1 N–H and O–H groups in total. The lowest BCUT2D eigenvalue weighted by Crippen LogP contribution is -2.41. The molecular weight excluding hydrogens is 207 g/mol. The van der Waals surface area contributed by atoms with Gasteiger partial charge < -0.3 is 10.2 Å². The van der Waals surface area contributed by atoms with Gasteiger partial charge in [-0.3, -0.25) is 4.79 Å². The highest BCUT2D eigenvalue weighted by atomic mass is 19.1. The topological polar surface area (TPSA) is 32.3 Å². The molecule has 0 bridgehead atoms. The smallest absolute Gasteiger partial charge is 0.243 e. The van der Waals surface area contributed by atoms with Gasteiger partial charge in [0.1, 0.15) is 5.82 Å². The third-order valence-electron chi connectivity index (χ3n) is 2.90. The first kappa shape index (κ1) is 11.1. The number of rotatable bonds is 2. The van der Waals surface area contributed by atoms with Crippen LogP contribution in [0.25, 0.3) is 0 Å². The third kappa shape index (κ3) is 2.22. The number of halogens is 1. The van der Waals surface area contributed by atoms with Crippen LogP contribution in [0.5, 0.6) is 0 Å². The summed E-state index contributed by atoms with van der Waals surface area (Å²) in [6.07, 6.45) is 1.91.